The molecule has 0 fully saturated rings. The largest absolute Gasteiger partial charge is 0.265 e. The highest BCUT2D eigenvalue weighted by atomic mass is 32.2. The van der Waals surface area contributed by atoms with E-state index in [1.807, 2.05) is 0 Å². The Labute approximate surface area is 107 Å². The SMILES string of the molecule is Cc1c(F)c(F)c(F)c(S(=O)(=O)C(C)C)c1C(F)F. The molecule has 1 aromatic carbocycles. The molecule has 0 amide bonds. The van der Waals surface area contributed by atoms with Crippen LogP contribution in [0.25, 0.3) is 0 Å². The first-order chi connectivity index (χ1) is 8.53. The van der Waals surface area contributed by atoms with Gasteiger partial charge in [-0.3, -0.25) is 0 Å². The summed E-state index contributed by atoms with van der Waals surface area (Å²) < 4.78 is 89.4. The van der Waals surface area contributed by atoms with Crippen molar-refractivity contribution in [3.63, 3.8) is 0 Å². The third-order valence-electron chi connectivity index (χ3n) is 2.69. The molecule has 2 nitrogen and oxygen atoms in total. The Balaban J connectivity index is 3.93. The summed E-state index contributed by atoms with van der Waals surface area (Å²) in [7, 11) is -4.51. The molecule has 1 rings (SSSR count). The van der Waals surface area contributed by atoms with Gasteiger partial charge in [0.05, 0.1) is 5.25 Å². The monoisotopic (exact) mass is 302 g/mol. The van der Waals surface area contributed by atoms with Crippen LogP contribution in [0.1, 0.15) is 31.4 Å². The van der Waals surface area contributed by atoms with Gasteiger partial charge in [0.15, 0.2) is 27.3 Å². The van der Waals surface area contributed by atoms with Gasteiger partial charge in [-0.25, -0.2) is 30.4 Å². The van der Waals surface area contributed by atoms with Gasteiger partial charge in [-0.2, -0.15) is 0 Å². The van der Waals surface area contributed by atoms with E-state index in [4.69, 9.17) is 0 Å². The molecule has 0 aliphatic rings. The predicted octanol–water partition coefficient (Wildman–Crippen LogP) is 3.53. The van der Waals surface area contributed by atoms with E-state index in [0.717, 1.165) is 20.8 Å². The van der Waals surface area contributed by atoms with Gasteiger partial charge < -0.3 is 0 Å². The number of alkyl halides is 2. The molecule has 0 aromatic heterocycles. The third-order valence-corrected chi connectivity index (χ3v) is 4.90. The second kappa shape index (κ2) is 5.07. The van der Waals surface area contributed by atoms with E-state index in [2.05, 4.69) is 0 Å². The van der Waals surface area contributed by atoms with Gasteiger partial charge in [-0.15, -0.1) is 0 Å². The standard InChI is InChI=1S/C11H11F5O2S/c1-4(2)19(17,18)10-6(11(15)16)5(3)7(12)8(13)9(10)14/h4,11H,1-3H3. The Kier molecular flexibility index (Phi) is 4.23. The fourth-order valence-corrected chi connectivity index (χ4v) is 2.90. The molecule has 19 heavy (non-hydrogen) atoms. The lowest BCUT2D eigenvalue weighted by atomic mass is 10.1. The number of hydrogen-bond donors (Lipinski definition) is 0. The molecular formula is C11H11F5O2S. The van der Waals surface area contributed by atoms with Gasteiger partial charge in [-0.05, 0) is 26.3 Å². The zero-order valence-electron chi connectivity index (χ0n) is 10.3. The van der Waals surface area contributed by atoms with Gasteiger partial charge in [0.1, 0.15) is 4.90 Å². The minimum Gasteiger partial charge on any atom is -0.223 e. The van der Waals surface area contributed by atoms with Crippen LogP contribution < -0.4 is 0 Å². The maximum absolute atomic E-state index is 13.6. The lowest BCUT2D eigenvalue weighted by Gasteiger charge is -2.16. The summed E-state index contributed by atoms with van der Waals surface area (Å²) in [6.07, 6.45) is -3.44. The van der Waals surface area contributed by atoms with E-state index in [1.165, 1.54) is 0 Å². The second-order valence-electron chi connectivity index (χ2n) is 4.20. The van der Waals surface area contributed by atoms with Crippen LogP contribution in [-0.4, -0.2) is 13.7 Å². The minimum absolute atomic E-state index is 0.776. The van der Waals surface area contributed by atoms with E-state index in [1.54, 1.807) is 0 Å². The number of halogens is 5. The fourth-order valence-electron chi connectivity index (χ4n) is 1.54. The molecule has 0 aliphatic heterocycles. The highest BCUT2D eigenvalue weighted by molar-refractivity contribution is 7.92. The zero-order chi connectivity index (χ0) is 15.1. The van der Waals surface area contributed by atoms with Crippen LogP contribution in [0.2, 0.25) is 0 Å². The molecule has 0 saturated carbocycles. The average Bonchev–Trinajstić information content (AvgIpc) is 2.29. The predicted molar refractivity (Wildman–Crippen MR) is 58.3 cm³/mol. The quantitative estimate of drug-likeness (QED) is 0.486. The second-order valence-corrected chi connectivity index (χ2v) is 6.65. The Morgan fingerprint density at radius 1 is 0.947 bits per heavy atom. The summed E-state index contributed by atoms with van der Waals surface area (Å²) >= 11 is 0. The normalized spacial score (nSPS) is 12.5. The van der Waals surface area contributed by atoms with Crippen molar-refractivity contribution in [2.75, 3.05) is 0 Å². The maximum atomic E-state index is 13.6. The Morgan fingerprint density at radius 3 is 1.79 bits per heavy atom. The molecule has 0 atom stereocenters. The molecule has 0 radical (unpaired) electrons. The molecule has 0 heterocycles. The topological polar surface area (TPSA) is 34.1 Å². The lowest BCUT2D eigenvalue weighted by Crippen LogP contribution is -2.20. The van der Waals surface area contributed by atoms with Crippen molar-refractivity contribution in [1.29, 1.82) is 0 Å². The van der Waals surface area contributed by atoms with Crippen LogP contribution in [0, 0.1) is 24.4 Å². The van der Waals surface area contributed by atoms with Crippen molar-refractivity contribution < 1.29 is 30.4 Å². The van der Waals surface area contributed by atoms with E-state index in [-0.39, 0.29) is 0 Å². The van der Waals surface area contributed by atoms with Crippen LogP contribution in [0.15, 0.2) is 4.90 Å². The highest BCUT2D eigenvalue weighted by Crippen LogP contribution is 2.36. The van der Waals surface area contributed by atoms with Crippen molar-refractivity contribution in [3.8, 4) is 0 Å². The molecule has 108 valence electrons. The van der Waals surface area contributed by atoms with Gasteiger partial charge in [-0.1, -0.05) is 0 Å². The van der Waals surface area contributed by atoms with Gasteiger partial charge >= 0.3 is 0 Å². The summed E-state index contributed by atoms with van der Waals surface area (Å²) in [5.41, 5.74) is -2.24. The van der Waals surface area contributed by atoms with E-state index < -0.39 is 55.0 Å². The van der Waals surface area contributed by atoms with Crippen molar-refractivity contribution in [2.24, 2.45) is 0 Å². The zero-order valence-corrected chi connectivity index (χ0v) is 11.1. The Morgan fingerprint density at radius 2 is 1.42 bits per heavy atom. The number of rotatable bonds is 3. The van der Waals surface area contributed by atoms with Crippen LogP contribution >= 0.6 is 0 Å². The van der Waals surface area contributed by atoms with Crippen molar-refractivity contribution >= 4 is 9.84 Å². The van der Waals surface area contributed by atoms with Crippen molar-refractivity contribution in [1.82, 2.24) is 0 Å². The van der Waals surface area contributed by atoms with Crippen molar-refractivity contribution in [2.45, 2.75) is 37.3 Å². The maximum Gasteiger partial charge on any atom is 0.265 e. The van der Waals surface area contributed by atoms with E-state index in [0.29, 0.717) is 0 Å². The molecule has 0 aliphatic carbocycles. The molecule has 0 spiro atoms. The molecule has 0 N–H and O–H groups in total. The molecule has 0 unspecified atom stereocenters. The minimum atomic E-state index is -4.51. The Bertz CT molecular complexity index is 608. The average molecular weight is 302 g/mol. The summed E-state index contributed by atoms with van der Waals surface area (Å²) in [5.74, 6) is -5.98. The van der Waals surface area contributed by atoms with Crippen LogP contribution in [0.5, 0.6) is 0 Å². The molecule has 1 aromatic rings. The first kappa shape index (κ1) is 15.9. The summed E-state index contributed by atoms with van der Waals surface area (Å²) in [5, 5.41) is -1.25. The van der Waals surface area contributed by atoms with Gasteiger partial charge in [0, 0.05) is 5.56 Å². The fraction of sp³-hybridized carbons (Fsp3) is 0.455. The molecule has 0 saturated heterocycles. The van der Waals surface area contributed by atoms with Crippen LogP contribution in [0.3, 0.4) is 0 Å². The smallest absolute Gasteiger partial charge is 0.223 e. The first-order valence-electron chi connectivity index (χ1n) is 5.22. The van der Waals surface area contributed by atoms with Crippen LogP contribution in [0.4, 0.5) is 22.0 Å². The summed E-state index contributed by atoms with van der Waals surface area (Å²) in [6.45, 7) is 3.03. The lowest BCUT2D eigenvalue weighted by molar-refractivity contribution is 0.144. The van der Waals surface area contributed by atoms with Gasteiger partial charge in [0.2, 0.25) is 0 Å². The summed E-state index contributed by atoms with van der Waals surface area (Å²) in [4.78, 5) is -1.46. The molecule has 8 heteroatoms. The Hall–Kier alpha value is -1.18. The first-order valence-corrected chi connectivity index (χ1v) is 6.77. The molecule has 0 bridgehead atoms. The van der Waals surface area contributed by atoms with Crippen molar-refractivity contribution in [3.05, 3.63) is 28.6 Å². The van der Waals surface area contributed by atoms with E-state index in [9.17, 15) is 30.4 Å². The number of sulfone groups is 1. The highest BCUT2D eigenvalue weighted by Gasteiger charge is 2.35. The number of benzene rings is 1. The third kappa shape index (κ3) is 2.45. The van der Waals surface area contributed by atoms with E-state index >= 15 is 0 Å². The van der Waals surface area contributed by atoms with Gasteiger partial charge in [0.25, 0.3) is 6.43 Å². The molecular weight excluding hydrogens is 291 g/mol. The summed E-state index contributed by atoms with van der Waals surface area (Å²) in [6, 6.07) is 0. The number of hydrogen-bond acceptors (Lipinski definition) is 2. The van der Waals surface area contributed by atoms with Crippen LogP contribution in [-0.2, 0) is 9.84 Å².